The van der Waals surface area contributed by atoms with Crippen LogP contribution in [0.15, 0.2) is 0 Å². The monoisotopic (exact) mass is 195 g/mol. The molecule has 0 aromatic heterocycles. The smallest absolute Gasteiger partial charge is 0.226 e. The molecule has 0 rings (SSSR count). The molecular formula is C12H21NO. The second kappa shape index (κ2) is 7.44. The van der Waals surface area contributed by atoms with Gasteiger partial charge in [-0.3, -0.25) is 4.79 Å². The molecule has 0 aliphatic heterocycles. The summed E-state index contributed by atoms with van der Waals surface area (Å²) in [6.07, 6.45) is 9.16. The van der Waals surface area contributed by atoms with Crippen molar-refractivity contribution >= 4 is 5.91 Å². The number of unbranched alkanes of at least 4 members (excludes halogenated alkanes) is 2. The summed E-state index contributed by atoms with van der Waals surface area (Å²) < 4.78 is 0. The quantitative estimate of drug-likeness (QED) is 0.470. The van der Waals surface area contributed by atoms with Gasteiger partial charge in [-0.25, -0.2) is 0 Å². The predicted octanol–water partition coefficient (Wildman–Crippen LogP) is 2.29. The van der Waals surface area contributed by atoms with E-state index in [9.17, 15) is 4.79 Å². The third kappa shape index (κ3) is 4.91. The highest BCUT2D eigenvalue weighted by Crippen LogP contribution is 2.06. The molecule has 0 heterocycles. The summed E-state index contributed by atoms with van der Waals surface area (Å²) in [4.78, 5) is 13.4. The molecule has 0 aromatic rings. The summed E-state index contributed by atoms with van der Waals surface area (Å²) >= 11 is 0. The van der Waals surface area contributed by atoms with Crippen molar-refractivity contribution in [1.82, 2.24) is 4.90 Å². The van der Waals surface area contributed by atoms with E-state index < -0.39 is 0 Å². The third-order valence-electron chi connectivity index (χ3n) is 2.32. The number of hydrogen-bond donors (Lipinski definition) is 0. The zero-order chi connectivity index (χ0) is 11.0. The molecule has 0 bridgehead atoms. The Bertz CT molecular complexity index is 205. The lowest BCUT2D eigenvalue weighted by Crippen LogP contribution is -2.32. The van der Waals surface area contributed by atoms with Gasteiger partial charge in [0.1, 0.15) is 0 Å². The standard InChI is InChI=1S/C12H21NO/c1-5-7-8-10-13(4)12(14)11(3)9-6-2/h2,11H,5,7-10H2,1,3-4H3. The predicted molar refractivity (Wildman–Crippen MR) is 59.8 cm³/mol. The Hall–Kier alpha value is -0.970. The molecule has 0 N–H and O–H groups in total. The van der Waals surface area contributed by atoms with Gasteiger partial charge in [-0.15, -0.1) is 12.3 Å². The Morgan fingerprint density at radius 2 is 2.14 bits per heavy atom. The Morgan fingerprint density at radius 3 is 2.64 bits per heavy atom. The lowest BCUT2D eigenvalue weighted by Gasteiger charge is -2.20. The first-order valence-corrected chi connectivity index (χ1v) is 5.31. The van der Waals surface area contributed by atoms with Crippen LogP contribution in [0.5, 0.6) is 0 Å². The van der Waals surface area contributed by atoms with Gasteiger partial charge < -0.3 is 4.90 Å². The van der Waals surface area contributed by atoms with Crippen LogP contribution in [0.2, 0.25) is 0 Å². The SMILES string of the molecule is C#CCC(C)C(=O)N(C)CCCCC. The average Bonchev–Trinajstić information content (AvgIpc) is 2.17. The van der Waals surface area contributed by atoms with E-state index in [1.165, 1.54) is 12.8 Å². The molecule has 0 aliphatic rings. The maximum absolute atomic E-state index is 11.7. The van der Waals surface area contributed by atoms with Gasteiger partial charge in [0.05, 0.1) is 0 Å². The van der Waals surface area contributed by atoms with Crippen LogP contribution in [0.3, 0.4) is 0 Å². The van der Waals surface area contributed by atoms with Gasteiger partial charge >= 0.3 is 0 Å². The molecule has 0 saturated carbocycles. The molecule has 0 fully saturated rings. The second-order valence-corrected chi connectivity index (χ2v) is 3.78. The largest absolute Gasteiger partial charge is 0.346 e. The van der Waals surface area contributed by atoms with Crippen molar-refractivity contribution in [3.05, 3.63) is 0 Å². The van der Waals surface area contributed by atoms with E-state index in [4.69, 9.17) is 6.42 Å². The molecule has 1 unspecified atom stereocenters. The lowest BCUT2D eigenvalue weighted by atomic mass is 10.1. The number of hydrogen-bond acceptors (Lipinski definition) is 1. The Morgan fingerprint density at radius 1 is 1.50 bits per heavy atom. The summed E-state index contributed by atoms with van der Waals surface area (Å²) in [6, 6.07) is 0. The minimum Gasteiger partial charge on any atom is -0.346 e. The molecule has 0 aromatic carbocycles. The van der Waals surface area contributed by atoms with Gasteiger partial charge in [0.25, 0.3) is 0 Å². The highest BCUT2D eigenvalue weighted by Gasteiger charge is 2.15. The molecule has 2 nitrogen and oxygen atoms in total. The first-order chi connectivity index (χ1) is 6.63. The lowest BCUT2D eigenvalue weighted by molar-refractivity contribution is -0.133. The fourth-order valence-electron chi connectivity index (χ4n) is 1.35. The van der Waals surface area contributed by atoms with Gasteiger partial charge in [-0.1, -0.05) is 26.7 Å². The van der Waals surface area contributed by atoms with Crippen LogP contribution in [0.4, 0.5) is 0 Å². The topological polar surface area (TPSA) is 20.3 Å². The van der Waals surface area contributed by atoms with Crippen LogP contribution in [0.1, 0.15) is 39.5 Å². The van der Waals surface area contributed by atoms with Crippen molar-refractivity contribution in [2.45, 2.75) is 39.5 Å². The number of carbonyl (C=O) groups excluding carboxylic acids is 1. The van der Waals surface area contributed by atoms with E-state index >= 15 is 0 Å². The summed E-state index contributed by atoms with van der Waals surface area (Å²) in [5, 5.41) is 0. The Kier molecular flexibility index (Phi) is 6.92. The van der Waals surface area contributed by atoms with Crippen LogP contribution >= 0.6 is 0 Å². The maximum Gasteiger partial charge on any atom is 0.226 e. The van der Waals surface area contributed by atoms with Gasteiger partial charge in [-0.05, 0) is 6.42 Å². The van der Waals surface area contributed by atoms with Crippen LogP contribution in [-0.2, 0) is 4.79 Å². The molecule has 1 atom stereocenters. The minimum absolute atomic E-state index is 0.0355. The number of carbonyl (C=O) groups is 1. The number of nitrogens with zero attached hydrogens (tertiary/aromatic N) is 1. The molecular weight excluding hydrogens is 174 g/mol. The van der Waals surface area contributed by atoms with Crippen molar-refractivity contribution in [2.24, 2.45) is 5.92 Å². The van der Waals surface area contributed by atoms with Crippen molar-refractivity contribution < 1.29 is 4.79 Å². The molecule has 1 amide bonds. The van der Waals surface area contributed by atoms with Crippen molar-refractivity contribution in [2.75, 3.05) is 13.6 Å². The van der Waals surface area contributed by atoms with E-state index in [1.54, 1.807) is 4.90 Å². The molecule has 0 saturated heterocycles. The van der Waals surface area contributed by atoms with Crippen LogP contribution in [0, 0.1) is 18.3 Å². The molecule has 80 valence electrons. The fraction of sp³-hybridized carbons (Fsp3) is 0.750. The van der Waals surface area contributed by atoms with Crippen LogP contribution in [0.25, 0.3) is 0 Å². The maximum atomic E-state index is 11.7. The summed E-state index contributed by atoms with van der Waals surface area (Å²) in [5.74, 6) is 2.65. The van der Waals surface area contributed by atoms with Crippen molar-refractivity contribution in [3.63, 3.8) is 0 Å². The summed E-state index contributed by atoms with van der Waals surface area (Å²) in [7, 11) is 1.85. The van der Waals surface area contributed by atoms with E-state index in [2.05, 4.69) is 12.8 Å². The Labute approximate surface area is 87.7 Å². The summed E-state index contributed by atoms with van der Waals surface area (Å²) in [6.45, 7) is 4.89. The first-order valence-electron chi connectivity index (χ1n) is 5.31. The third-order valence-corrected chi connectivity index (χ3v) is 2.32. The van der Waals surface area contributed by atoms with Crippen molar-refractivity contribution in [3.8, 4) is 12.3 Å². The average molecular weight is 195 g/mol. The highest BCUT2D eigenvalue weighted by atomic mass is 16.2. The molecule has 0 spiro atoms. The zero-order valence-corrected chi connectivity index (χ0v) is 9.55. The first kappa shape index (κ1) is 13.0. The van der Waals surface area contributed by atoms with E-state index in [1.807, 2.05) is 14.0 Å². The van der Waals surface area contributed by atoms with E-state index in [0.717, 1.165) is 13.0 Å². The van der Waals surface area contributed by atoms with Gasteiger partial charge in [0.15, 0.2) is 0 Å². The van der Waals surface area contributed by atoms with Crippen LogP contribution < -0.4 is 0 Å². The summed E-state index contributed by atoms with van der Waals surface area (Å²) in [5.41, 5.74) is 0. The number of terminal acetylenes is 1. The molecule has 2 heteroatoms. The molecule has 0 aliphatic carbocycles. The molecule has 0 radical (unpaired) electrons. The van der Waals surface area contributed by atoms with Gasteiger partial charge in [-0.2, -0.15) is 0 Å². The molecule has 14 heavy (non-hydrogen) atoms. The second-order valence-electron chi connectivity index (χ2n) is 3.78. The van der Waals surface area contributed by atoms with Gasteiger partial charge in [0, 0.05) is 25.9 Å². The van der Waals surface area contributed by atoms with E-state index in [0.29, 0.717) is 6.42 Å². The number of rotatable bonds is 6. The fourth-order valence-corrected chi connectivity index (χ4v) is 1.35. The van der Waals surface area contributed by atoms with Crippen molar-refractivity contribution in [1.29, 1.82) is 0 Å². The van der Waals surface area contributed by atoms with Crippen LogP contribution in [-0.4, -0.2) is 24.4 Å². The zero-order valence-electron chi connectivity index (χ0n) is 9.55. The Balaban J connectivity index is 3.81. The highest BCUT2D eigenvalue weighted by molar-refractivity contribution is 5.78. The van der Waals surface area contributed by atoms with E-state index in [-0.39, 0.29) is 11.8 Å². The number of amides is 1. The van der Waals surface area contributed by atoms with Gasteiger partial charge in [0.2, 0.25) is 5.91 Å². The normalized spacial score (nSPS) is 11.9. The minimum atomic E-state index is -0.0355.